The van der Waals surface area contributed by atoms with Crippen LogP contribution in [0.2, 0.25) is 0 Å². The molecule has 10 heavy (non-hydrogen) atoms. The van der Waals surface area contributed by atoms with Crippen LogP contribution in [0.25, 0.3) is 0 Å². The lowest BCUT2D eigenvalue weighted by Crippen LogP contribution is -2.42. The van der Waals surface area contributed by atoms with E-state index in [9.17, 15) is 0 Å². The van der Waals surface area contributed by atoms with Crippen LogP contribution in [-0.4, -0.2) is 52.9 Å². The summed E-state index contributed by atoms with van der Waals surface area (Å²) in [6.45, 7) is 0.722. The smallest absolute Gasteiger partial charge is 0.288 e. The van der Waals surface area contributed by atoms with E-state index in [1.165, 1.54) is 4.90 Å². The van der Waals surface area contributed by atoms with Crippen LogP contribution in [-0.2, 0) is 0 Å². The summed E-state index contributed by atoms with van der Waals surface area (Å²) in [5.74, 6) is -2.61. The molecule has 0 bridgehead atoms. The van der Waals surface area contributed by atoms with Gasteiger partial charge >= 0.3 is 0 Å². The van der Waals surface area contributed by atoms with Gasteiger partial charge in [-0.25, -0.2) is 0 Å². The molecule has 0 aromatic rings. The third-order valence-corrected chi connectivity index (χ3v) is 0.993. The van der Waals surface area contributed by atoms with Gasteiger partial charge in [0, 0.05) is 13.1 Å². The Bertz CT molecular complexity index is 91.4. The fourth-order valence-corrected chi connectivity index (χ4v) is 0.662. The fraction of sp³-hybridized carbons (Fsp3) is 1.00. The van der Waals surface area contributed by atoms with Gasteiger partial charge in [0.1, 0.15) is 0 Å². The van der Waals surface area contributed by atoms with Gasteiger partial charge in [-0.1, -0.05) is 0 Å². The topological polar surface area (TPSA) is 90.0 Å². The van der Waals surface area contributed by atoms with Gasteiger partial charge in [-0.15, -0.1) is 0 Å². The van der Waals surface area contributed by atoms with Crippen molar-refractivity contribution in [3.63, 3.8) is 0 Å². The second-order valence-corrected chi connectivity index (χ2v) is 2.30. The first-order valence-electron chi connectivity index (χ1n) is 3.01. The summed E-state index contributed by atoms with van der Waals surface area (Å²) in [6, 6.07) is 0. The second-order valence-electron chi connectivity index (χ2n) is 2.30. The molecule has 0 atom stereocenters. The Hall–Kier alpha value is -0.200. The quantitative estimate of drug-likeness (QED) is 0.333. The Morgan fingerprint density at radius 2 is 1.90 bits per heavy atom. The number of nitrogens with zero attached hydrogens (tertiary/aromatic N) is 1. The summed E-state index contributed by atoms with van der Waals surface area (Å²) >= 11 is 0. The van der Waals surface area contributed by atoms with Gasteiger partial charge in [0.25, 0.3) is 5.97 Å². The molecule has 0 rings (SSSR count). The number of aliphatic hydroxyl groups is 3. The third kappa shape index (κ3) is 5.93. The van der Waals surface area contributed by atoms with Crippen molar-refractivity contribution in [3.05, 3.63) is 0 Å². The molecule has 5 heteroatoms. The molecule has 5 N–H and O–H groups in total. The van der Waals surface area contributed by atoms with Gasteiger partial charge in [0.15, 0.2) is 0 Å². The number of hydrogen-bond acceptors (Lipinski definition) is 5. The minimum absolute atomic E-state index is 0.218. The second kappa shape index (κ2) is 3.85. The van der Waals surface area contributed by atoms with Gasteiger partial charge in [0.05, 0.1) is 6.54 Å². The number of likely N-dealkylation sites (N-methyl/N-ethyl adjacent to an activating group) is 1. The van der Waals surface area contributed by atoms with E-state index in [1.807, 2.05) is 0 Å². The first-order chi connectivity index (χ1) is 4.45. The van der Waals surface area contributed by atoms with Crippen molar-refractivity contribution >= 4 is 0 Å². The number of nitrogens with two attached hydrogens (primary N) is 1. The highest BCUT2D eigenvalue weighted by Crippen LogP contribution is 1.94. The highest BCUT2D eigenvalue weighted by Gasteiger charge is 2.19. The van der Waals surface area contributed by atoms with Crippen molar-refractivity contribution in [1.82, 2.24) is 4.90 Å². The molecule has 0 aliphatic heterocycles. The van der Waals surface area contributed by atoms with Crippen LogP contribution in [0.1, 0.15) is 0 Å². The van der Waals surface area contributed by atoms with Crippen LogP contribution in [0.5, 0.6) is 0 Å². The average molecular weight is 150 g/mol. The van der Waals surface area contributed by atoms with E-state index in [4.69, 9.17) is 21.1 Å². The molecule has 0 spiro atoms. The molecule has 0 aromatic heterocycles. The van der Waals surface area contributed by atoms with Crippen LogP contribution in [0.3, 0.4) is 0 Å². The summed E-state index contributed by atoms with van der Waals surface area (Å²) < 4.78 is 0. The molecule has 0 heterocycles. The lowest BCUT2D eigenvalue weighted by Gasteiger charge is -2.21. The average Bonchev–Trinajstić information content (AvgIpc) is 1.59. The minimum Gasteiger partial charge on any atom is -0.343 e. The van der Waals surface area contributed by atoms with Gasteiger partial charge in [0.2, 0.25) is 0 Å². The Labute approximate surface area is 59.7 Å². The molecule has 62 valence electrons. The predicted octanol–water partition coefficient (Wildman–Crippen LogP) is -2.49. The number of hydrogen-bond donors (Lipinski definition) is 4. The van der Waals surface area contributed by atoms with Crippen LogP contribution < -0.4 is 5.73 Å². The molecule has 0 aliphatic carbocycles. The molecular weight excluding hydrogens is 136 g/mol. The molecule has 0 unspecified atom stereocenters. The fourth-order valence-electron chi connectivity index (χ4n) is 0.662. The Kier molecular flexibility index (Phi) is 3.77. The summed E-state index contributed by atoms with van der Waals surface area (Å²) in [6.07, 6.45) is 0. The molecule has 0 saturated carbocycles. The lowest BCUT2D eigenvalue weighted by molar-refractivity contribution is -0.315. The Balaban J connectivity index is 3.47. The maximum absolute atomic E-state index is 8.44. The zero-order chi connectivity index (χ0) is 8.20. The zero-order valence-corrected chi connectivity index (χ0v) is 5.99. The van der Waals surface area contributed by atoms with Crippen LogP contribution >= 0.6 is 0 Å². The Morgan fingerprint density at radius 3 is 2.20 bits per heavy atom. The van der Waals surface area contributed by atoms with Crippen molar-refractivity contribution in [2.24, 2.45) is 5.73 Å². The molecular formula is C5H14N2O3. The highest BCUT2D eigenvalue weighted by atomic mass is 16.7. The third-order valence-electron chi connectivity index (χ3n) is 0.993. The molecule has 0 fully saturated rings. The van der Waals surface area contributed by atoms with E-state index < -0.39 is 5.97 Å². The normalized spacial score (nSPS) is 12.6. The first-order valence-corrected chi connectivity index (χ1v) is 3.01. The highest BCUT2D eigenvalue weighted by molar-refractivity contribution is 4.56. The van der Waals surface area contributed by atoms with E-state index in [0.717, 1.165) is 0 Å². The van der Waals surface area contributed by atoms with Crippen molar-refractivity contribution in [1.29, 1.82) is 0 Å². The largest absolute Gasteiger partial charge is 0.343 e. The van der Waals surface area contributed by atoms with Gasteiger partial charge < -0.3 is 21.1 Å². The standard InChI is InChI=1S/C5H14N2O3/c1-7(3-2-6)4-5(8,9)10/h8-10H,2-4,6H2,1H3. The maximum atomic E-state index is 8.44. The van der Waals surface area contributed by atoms with Gasteiger partial charge in [-0.2, -0.15) is 0 Å². The predicted molar refractivity (Wildman–Crippen MR) is 35.9 cm³/mol. The summed E-state index contributed by atoms with van der Waals surface area (Å²) in [7, 11) is 1.63. The van der Waals surface area contributed by atoms with Crippen molar-refractivity contribution in [2.45, 2.75) is 5.97 Å². The van der Waals surface area contributed by atoms with Crippen LogP contribution in [0.15, 0.2) is 0 Å². The molecule has 0 saturated heterocycles. The monoisotopic (exact) mass is 150 g/mol. The molecule has 0 amide bonds. The summed E-state index contributed by atoms with van der Waals surface area (Å²) in [4.78, 5) is 1.51. The molecule has 5 nitrogen and oxygen atoms in total. The molecule has 0 radical (unpaired) electrons. The van der Waals surface area contributed by atoms with Gasteiger partial charge in [-0.3, -0.25) is 4.90 Å². The minimum atomic E-state index is -2.61. The van der Waals surface area contributed by atoms with Crippen LogP contribution in [0, 0.1) is 0 Å². The lowest BCUT2D eigenvalue weighted by atomic mass is 10.4. The number of rotatable bonds is 4. The Morgan fingerprint density at radius 1 is 1.40 bits per heavy atom. The van der Waals surface area contributed by atoms with E-state index in [-0.39, 0.29) is 6.54 Å². The molecule has 0 aliphatic rings. The van der Waals surface area contributed by atoms with E-state index >= 15 is 0 Å². The zero-order valence-electron chi connectivity index (χ0n) is 5.99. The SMILES string of the molecule is CN(CCN)CC(O)(O)O. The van der Waals surface area contributed by atoms with E-state index in [2.05, 4.69) is 0 Å². The maximum Gasteiger partial charge on any atom is 0.288 e. The first kappa shape index (κ1) is 9.80. The van der Waals surface area contributed by atoms with Crippen molar-refractivity contribution < 1.29 is 15.3 Å². The van der Waals surface area contributed by atoms with Crippen molar-refractivity contribution in [3.8, 4) is 0 Å². The molecule has 0 aromatic carbocycles. The van der Waals surface area contributed by atoms with E-state index in [0.29, 0.717) is 13.1 Å². The summed E-state index contributed by atoms with van der Waals surface area (Å²) in [5.41, 5.74) is 5.16. The van der Waals surface area contributed by atoms with Crippen LogP contribution in [0.4, 0.5) is 0 Å². The van der Waals surface area contributed by atoms with Crippen molar-refractivity contribution in [2.75, 3.05) is 26.7 Å². The van der Waals surface area contributed by atoms with E-state index in [1.54, 1.807) is 7.05 Å². The van der Waals surface area contributed by atoms with Gasteiger partial charge in [-0.05, 0) is 7.05 Å². The summed E-state index contributed by atoms with van der Waals surface area (Å²) in [5, 5.41) is 25.3.